The Morgan fingerprint density at radius 1 is 1.09 bits per heavy atom. The Morgan fingerprint density at radius 3 is 2.64 bits per heavy atom. The summed E-state index contributed by atoms with van der Waals surface area (Å²) in [5.74, 6) is 0.864. The van der Waals surface area contributed by atoms with E-state index in [1.807, 2.05) is 0 Å². The van der Waals surface area contributed by atoms with Crippen molar-refractivity contribution in [2.75, 3.05) is 0 Å². The van der Waals surface area contributed by atoms with Crippen molar-refractivity contribution in [2.24, 2.45) is 0 Å². The third-order valence-electron chi connectivity index (χ3n) is 3.74. The van der Waals surface area contributed by atoms with Gasteiger partial charge < -0.3 is 0 Å². The molecule has 22 heavy (non-hydrogen) atoms. The van der Waals surface area contributed by atoms with Gasteiger partial charge in [-0.3, -0.25) is 9.36 Å². The van der Waals surface area contributed by atoms with Gasteiger partial charge in [-0.25, -0.2) is 9.97 Å². The molecule has 0 radical (unpaired) electrons. The second kappa shape index (κ2) is 5.33. The summed E-state index contributed by atoms with van der Waals surface area (Å²) in [6.07, 6.45) is 2.94. The molecule has 0 saturated heterocycles. The number of rotatable bonds is 1. The molecule has 3 aromatic rings. The molecule has 0 fully saturated rings. The van der Waals surface area contributed by atoms with Crippen LogP contribution in [0.4, 0.5) is 0 Å². The molecule has 2 aromatic heterocycles. The summed E-state index contributed by atoms with van der Waals surface area (Å²) in [6, 6.07) is 5.26. The maximum absolute atomic E-state index is 12.6. The maximum Gasteiger partial charge on any atom is 0.280 e. The average molecular weight is 352 g/mol. The van der Waals surface area contributed by atoms with Crippen molar-refractivity contribution in [1.29, 1.82) is 0 Å². The Hall–Kier alpha value is -1.43. The van der Waals surface area contributed by atoms with Crippen molar-refractivity contribution in [1.82, 2.24) is 14.5 Å². The molecule has 4 rings (SSSR count). The van der Waals surface area contributed by atoms with E-state index in [-0.39, 0.29) is 5.56 Å². The van der Waals surface area contributed by atoms with Crippen LogP contribution in [0.3, 0.4) is 0 Å². The van der Waals surface area contributed by atoms with Crippen molar-refractivity contribution in [3.05, 3.63) is 44.4 Å². The Bertz CT molecular complexity index is 928. The molecule has 1 aromatic carbocycles. The van der Waals surface area contributed by atoms with Crippen molar-refractivity contribution in [3.63, 3.8) is 0 Å². The number of nitrogens with zero attached hydrogens (tertiary/aromatic N) is 3. The quantitative estimate of drug-likeness (QED) is 0.661. The molecular formula is C15H11Cl2N3OS. The number of aromatic nitrogens is 3. The van der Waals surface area contributed by atoms with E-state index >= 15 is 0 Å². The number of thiazole rings is 1. The fourth-order valence-electron chi connectivity index (χ4n) is 2.73. The molecule has 0 N–H and O–H groups in total. The summed E-state index contributed by atoms with van der Waals surface area (Å²) in [6.45, 7) is 0.729. The van der Waals surface area contributed by atoms with Crippen LogP contribution in [0.1, 0.15) is 18.7 Å². The van der Waals surface area contributed by atoms with Gasteiger partial charge in [-0.15, -0.1) is 0 Å². The van der Waals surface area contributed by atoms with E-state index in [4.69, 9.17) is 23.2 Å². The Labute approximate surface area is 140 Å². The lowest BCUT2D eigenvalue weighted by Crippen LogP contribution is -2.28. The molecule has 4 nitrogen and oxygen atoms in total. The first-order valence-electron chi connectivity index (χ1n) is 6.98. The first-order chi connectivity index (χ1) is 10.6. The molecule has 7 heteroatoms. The zero-order valence-corrected chi connectivity index (χ0v) is 13.8. The van der Waals surface area contributed by atoms with Gasteiger partial charge >= 0.3 is 0 Å². The fraction of sp³-hybridized carbons (Fsp3) is 0.267. The predicted octanol–water partition coefficient (Wildman–Crippen LogP) is 4.16. The normalized spacial score (nSPS) is 14.3. The Balaban J connectivity index is 1.94. The number of benzene rings is 1. The molecule has 0 bridgehead atoms. The number of fused-ring (bicyclic) bond motifs is 2. The lowest BCUT2D eigenvalue weighted by atomic mass is 10.1. The monoisotopic (exact) mass is 351 g/mol. The molecule has 112 valence electrons. The van der Waals surface area contributed by atoms with Crippen molar-refractivity contribution in [2.45, 2.75) is 25.8 Å². The van der Waals surface area contributed by atoms with Gasteiger partial charge in [0.05, 0.1) is 0 Å². The SMILES string of the molecule is O=c1c2nc(-c3cc(Cl)cc(Cl)c3)sc2nc2n1CCCC2. The second-order valence-electron chi connectivity index (χ2n) is 5.27. The molecule has 1 aliphatic rings. The highest BCUT2D eigenvalue weighted by molar-refractivity contribution is 7.21. The molecule has 3 heterocycles. The average Bonchev–Trinajstić information content (AvgIpc) is 2.91. The van der Waals surface area contributed by atoms with Gasteiger partial charge in [-0.05, 0) is 31.0 Å². The van der Waals surface area contributed by atoms with Crippen LogP contribution in [0, 0.1) is 0 Å². The van der Waals surface area contributed by atoms with Crippen LogP contribution >= 0.6 is 34.5 Å². The molecule has 0 atom stereocenters. The number of aryl methyl sites for hydroxylation is 1. The van der Waals surface area contributed by atoms with E-state index in [1.54, 1.807) is 22.8 Å². The molecule has 0 unspecified atom stereocenters. The summed E-state index contributed by atoms with van der Waals surface area (Å²) in [5, 5.41) is 1.81. The van der Waals surface area contributed by atoms with Gasteiger partial charge in [0.15, 0.2) is 10.3 Å². The summed E-state index contributed by atoms with van der Waals surface area (Å²) in [7, 11) is 0. The van der Waals surface area contributed by atoms with E-state index in [0.29, 0.717) is 25.4 Å². The van der Waals surface area contributed by atoms with Crippen molar-refractivity contribution >= 4 is 44.9 Å². The third kappa shape index (κ3) is 2.33. The number of hydrogen-bond donors (Lipinski definition) is 0. The Morgan fingerprint density at radius 2 is 1.86 bits per heavy atom. The van der Waals surface area contributed by atoms with Gasteiger partial charge in [-0.2, -0.15) is 0 Å². The molecule has 0 aliphatic carbocycles. The van der Waals surface area contributed by atoms with E-state index < -0.39 is 0 Å². The van der Waals surface area contributed by atoms with Crippen LogP contribution in [0.2, 0.25) is 10.0 Å². The van der Waals surface area contributed by atoms with Crippen LogP contribution in [0.15, 0.2) is 23.0 Å². The van der Waals surface area contributed by atoms with E-state index in [9.17, 15) is 4.79 Å². The minimum Gasteiger partial charge on any atom is -0.295 e. The van der Waals surface area contributed by atoms with Crippen LogP contribution in [-0.2, 0) is 13.0 Å². The largest absolute Gasteiger partial charge is 0.295 e. The highest BCUT2D eigenvalue weighted by atomic mass is 35.5. The molecular weight excluding hydrogens is 341 g/mol. The summed E-state index contributed by atoms with van der Waals surface area (Å²) in [4.78, 5) is 22.3. The van der Waals surface area contributed by atoms with E-state index in [0.717, 1.165) is 37.2 Å². The van der Waals surface area contributed by atoms with Crippen LogP contribution < -0.4 is 5.56 Å². The highest BCUT2D eigenvalue weighted by Crippen LogP contribution is 2.32. The third-order valence-corrected chi connectivity index (χ3v) is 5.18. The topological polar surface area (TPSA) is 47.8 Å². The smallest absolute Gasteiger partial charge is 0.280 e. The van der Waals surface area contributed by atoms with Gasteiger partial charge in [0.2, 0.25) is 0 Å². The van der Waals surface area contributed by atoms with Gasteiger partial charge in [0.1, 0.15) is 10.8 Å². The fourth-order valence-corrected chi connectivity index (χ4v) is 4.19. The predicted molar refractivity (Wildman–Crippen MR) is 90.1 cm³/mol. The van der Waals surface area contributed by atoms with E-state index in [2.05, 4.69) is 9.97 Å². The number of hydrogen-bond acceptors (Lipinski definition) is 4. The minimum atomic E-state index is -0.0460. The minimum absolute atomic E-state index is 0.0460. The molecule has 0 saturated carbocycles. The molecule has 0 amide bonds. The zero-order chi connectivity index (χ0) is 15.3. The second-order valence-corrected chi connectivity index (χ2v) is 7.12. The van der Waals surface area contributed by atoms with Crippen LogP contribution in [-0.4, -0.2) is 14.5 Å². The standard InChI is InChI=1S/C15H11Cl2N3OS/c16-9-5-8(6-10(17)7-9)13-19-12-14(22-13)18-11-3-1-2-4-20(11)15(12)21/h5-7H,1-4H2. The lowest BCUT2D eigenvalue weighted by Gasteiger charge is -2.16. The number of halogens is 2. The van der Waals surface area contributed by atoms with Gasteiger partial charge in [0.25, 0.3) is 5.56 Å². The van der Waals surface area contributed by atoms with Gasteiger partial charge in [-0.1, -0.05) is 34.5 Å². The van der Waals surface area contributed by atoms with Crippen LogP contribution in [0.5, 0.6) is 0 Å². The lowest BCUT2D eigenvalue weighted by molar-refractivity contribution is 0.501. The Kier molecular flexibility index (Phi) is 3.44. The van der Waals surface area contributed by atoms with Crippen molar-refractivity contribution < 1.29 is 0 Å². The summed E-state index contributed by atoms with van der Waals surface area (Å²) >= 11 is 13.5. The zero-order valence-electron chi connectivity index (χ0n) is 11.5. The van der Waals surface area contributed by atoms with E-state index in [1.165, 1.54) is 11.3 Å². The van der Waals surface area contributed by atoms with Crippen molar-refractivity contribution in [3.8, 4) is 10.6 Å². The molecule has 0 spiro atoms. The first kappa shape index (κ1) is 14.2. The first-order valence-corrected chi connectivity index (χ1v) is 8.56. The van der Waals surface area contributed by atoms with Gasteiger partial charge in [0, 0.05) is 28.6 Å². The molecule has 1 aliphatic heterocycles. The summed E-state index contributed by atoms with van der Waals surface area (Å²) < 4.78 is 1.75. The van der Waals surface area contributed by atoms with Crippen LogP contribution in [0.25, 0.3) is 20.9 Å². The maximum atomic E-state index is 12.6. The highest BCUT2D eigenvalue weighted by Gasteiger charge is 2.18. The summed E-state index contributed by atoms with van der Waals surface area (Å²) in [5.41, 5.74) is 1.19.